The predicted octanol–water partition coefficient (Wildman–Crippen LogP) is 12.2. The first-order chi connectivity index (χ1) is 25.9. The molecule has 3 heterocycles. The fourth-order valence-corrected chi connectivity index (χ4v) is 8.76. The molecule has 0 N–H and O–H groups in total. The van der Waals surface area contributed by atoms with Crippen LogP contribution in [0.25, 0.3) is 102 Å². The minimum atomic E-state index is -0.445. The molecule has 3 aromatic heterocycles. The number of nitrogens with zero attached hydrogens (tertiary/aromatic N) is 3. The van der Waals surface area contributed by atoms with Crippen molar-refractivity contribution in [2.45, 2.75) is 0 Å². The number of benzene rings is 8. The lowest BCUT2D eigenvalue weighted by Crippen LogP contribution is -2.04. The molecule has 0 aliphatic heterocycles. The first kappa shape index (κ1) is 21.6. The summed E-state index contributed by atoms with van der Waals surface area (Å²) in [6.07, 6.45) is 0. The number of thiophene rings is 1. The van der Waals surface area contributed by atoms with Crippen molar-refractivity contribution >= 4 is 96.5 Å². The Kier molecular flexibility index (Phi) is 4.38. The standard InChI is InChI=1S/C44H25N3S/c1-2-12-26(13-3-1)42-41-31-17-6-4-14-28(31)29-15-5-7-18-32(29)43(41)46-44(45-42)47-36-20-10-8-16-30(36)35-25-34-27(24-37(35)47)22-23-39-40(34)33-19-9-11-21-38(33)48-39/h1-25H/i1D,2D,3D,12D,13D. The summed E-state index contributed by atoms with van der Waals surface area (Å²) in [5.41, 5.74) is 2.80. The van der Waals surface area contributed by atoms with Gasteiger partial charge in [-0.05, 0) is 57.3 Å². The van der Waals surface area contributed by atoms with Gasteiger partial charge in [0, 0.05) is 47.3 Å². The predicted molar refractivity (Wildman–Crippen MR) is 205 cm³/mol. The van der Waals surface area contributed by atoms with Crippen LogP contribution in [0.5, 0.6) is 0 Å². The lowest BCUT2D eigenvalue weighted by molar-refractivity contribution is 1.02. The Morgan fingerprint density at radius 3 is 2.02 bits per heavy atom. The third kappa shape index (κ3) is 3.52. The highest BCUT2D eigenvalue weighted by Gasteiger charge is 2.21. The number of aromatic nitrogens is 3. The maximum Gasteiger partial charge on any atom is 0.235 e. The highest BCUT2D eigenvalue weighted by Crippen LogP contribution is 2.43. The molecule has 11 rings (SSSR count). The number of hydrogen-bond donors (Lipinski definition) is 0. The summed E-state index contributed by atoms with van der Waals surface area (Å²) in [7, 11) is 0. The van der Waals surface area contributed by atoms with E-state index in [2.05, 4.69) is 71.3 Å². The van der Waals surface area contributed by atoms with Crippen LogP contribution in [-0.2, 0) is 0 Å². The van der Waals surface area contributed by atoms with Crippen molar-refractivity contribution in [3.63, 3.8) is 0 Å². The van der Waals surface area contributed by atoms with Gasteiger partial charge in [-0.15, -0.1) is 11.3 Å². The second-order valence-electron chi connectivity index (χ2n) is 12.2. The average Bonchev–Trinajstić information content (AvgIpc) is 3.74. The van der Waals surface area contributed by atoms with Crippen molar-refractivity contribution in [1.82, 2.24) is 14.5 Å². The van der Waals surface area contributed by atoms with Crippen LogP contribution in [0.2, 0.25) is 0 Å². The highest BCUT2D eigenvalue weighted by molar-refractivity contribution is 7.26. The van der Waals surface area contributed by atoms with Crippen LogP contribution < -0.4 is 0 Å². The van der Waals surface area contributed by atoms with E-state index in [0.717, 1.165) is 48.7 Å². The van der Waals surface area contributed by atoms with Crippen molar-refractivity contribution in [2.75, 3.05) is 0 Å². The van der Waals surface area contributed by atoms with E-state index in [1.807, 2.05) is 54.6 Å². The van der Waals surface area contributed by atoms with E-state index >= 15 is 0 Å². The quantitative estimate of drug-likeness (QED) is 0.178. The van der Waals surface area contributed by atoms with Gasteiger partial charge in [-0.2, -0.15) is 0 Å². The van der Waals surface area contributed by atoms with Crippen molar-refractivity contribution in [3.8, 4) is 17.2 Å². The Labute approximate surface area is 286 Å². The van der Waals surface area contributed by atoms with E-state index < -0.39 is 18.1 Å². The lowest BCUT2D eigenvalue weighted by Gasteiger charge is -2.16. The zero-order valence-corrected chi connectivity index (χ0v) is 26.1. The zero-order valence-electron chi connectivity index (χ0n) is 30.3. The summed E-state index contributed by atoms with van der Waals surface area (Å²) in [6, 6.07) is 39.8. The molecule has 3 nitrogen and oxygen atoms in total. The summed E-state index contributed by atoms with van der Waals surface area (Å²) in [5.74, 6) is 0.354. The molecule has 0 saturated heterocycles. The number of para-hydroxylation sites is 1. The maximum absolute atomic E-state index is 9.09. The number of rotatable bonds is 2. The van der Waals surface area contributed by atoms with Gasteiger partial charge < -0.3 is 0 Å². The van der Waals surface area contributed by atoms with Gasteiger partial charge in [-0.1, -0.05) is 121 Å². The summed E-state index contributed by atoms with van der Waals surface area (Å²) >= 11 is 1.80. The van der Waals surface area contributed by atoms with Gasteiger partial charge in [0.2, 0.25) is 5.95 Å². The third-order valence-corrected chi connectivity index (χ3v) is 10.8. The fourth-order valence-electron chi connectivity index (χ4n) is 7.63. The molecule has 0 spiro atoms. The topological polar surface area (TPSA) is 30.7 Å². The molecule has 0 amide bonds. The van der Waals surface area contributed by atoms with Crippen LogP contribution in [0, 0.1) is 0 Å². The van der Waals surface area contributed by atoms with Gasteiger partial charge >= 0.3 is 0 Å². The smallest absolute Gasteiger partial charge is 0.235 e. The molecular weight excluding hydrogens is 603 g/mol. The van der Waals surface area contributed by atoms with Gasteiger partial charge in [-0.25, -0.2) is 9.97 Å². The Bertz CT molecular complexity index is 3390. The molecular formula is C44H25N3S. The van der Waals surface area contributed by atoms with E-state index in [4.69, 9.17) is 16.8 Å². The van der Waals surface area contributed by atoms with Crippen LogP contribution in [0.4, 0.5) is 0 Å². The molecule has 0 aliphatic rings. The van der Waals surface area contributed by atoms with E-state index in [0.29, 0.717) is 22.5 Å². The van der Waals surface area contributed by atoms with Gasteiger partial charge in [0.05, 0.1) is 29.1 Å². The lowest BCUT2D eigenvalue weighted by atomic mass is 9.94. The second kappa shape index (κ2) is 9.71. The van der Waals surface area contributed by atoms with E-state index in [1.165, 1.54) is 25.6 Å². The summed E-state index contributed by atoms with van der Waals surface area (Å²) in [4.78, 5) is 10.6. The van der Waals surface area contributed by atoms with Crippen molar-refractivity contribution in [1.29, 1.82) is 0 Å². The minimum absolute atomic E-state index is 0.0445. The Morgan fingerprint density at radius 1 is 0.500 bits per heavy atom. The van der Waals surface area contributed by atoms with Crippen LogP contribution in [0.15, 0.2) is 152 Å². The van der Waals surface area contributed by atoms with Gasteiger partial charge in [0.15, 0.2) is 0 Å². The molecule has 48 heavy (non-hydrogen) atoms. The molecule has 8 aromatic carbocycles. The average molecular weight is 633 g/mol. The molecule has 222 valence electrons. The second-order valence-corrected chi connectivity index (χ2v) is 13.3. The number of hydrogen-bond acceptors (Lipinski definition) is 3. The molecule has 0 radical (unpaired) electrons. The van der Waals surface area contributed by atoms with E-state index in [-0.39, 0.29) is 17.6 Å². The Hall–Kier alpha value is -6.10. The van der Waals surface area contributed by atoms with Crippen LogP contribution >= 0.6 is 11.3 Å². The first-order valence-corrected chi connectivity index (χ1v) is 16.7. The Morgan fingerprint density at radius 2 is 1.19 bits per heavy atom. The minimum Gasteiger partial charge on any atom is -0.278 e. The van der Waals surface area contributed by atoms with Gasteiger partial charge in [-0.3, -0.25) is 4.57 Å². The van der Waals surface area contributed by atoms with Crippen LogP contribution in [0.3, 0.4) is 0 Å². The third-order valence-electron chi connectivity index (χ3n) is 9.65. The first-order valence-electron chi connectivity index (χ1n) is 18.3. The molecule has 0 bridgehead atoms. The van der Waals surface area contributed by atoms with Crippen molar-refractivity contribution < 1.29 is 6.85 Å². The van der Waals surface area contributed by atoms with Gasteiger partial charge in [0.25, 0.3) is 0 Å². The maximum atomic E-state index is 9.09. The molecule has 0 saturated carbocycles. The SMILES string of the molecule is [2H]c1c([2H])c([2H])c(-c2nc(-n3c4ccccc4c4cc5c(ccc6sc7ccccc7c65)cc43)nc3c4ccccc4c4ccccc4c23)c([2H])c1[2H]. The summed E-state index contributed by atoms with van der Waals surface area (Å²) < 4.78 is 48.3. The fraction of sp³-hybridized carbons (Fsp3) is 0. The normalized spacial score (nSPS) is 13.6. The van der Waals surface area contributed by atoms with E-state index in [9.17, 15) is 0 Å². The molecule has 0 unspecified atom stereocenters. The molecule has 4 heteroatoms. The van der Waals surface area contributed by atoms with Crippen molar-refractivity contribution in [3.05, 3.63) is 152 Å². The zero-order chi connectivity index (χ0) is 35.7. The van der Waals surface area contributed by atoms with Crippen LogP contribution in [-0.4, -0.2) is 14.5 Å². The Balaban J connectivity index is 1.34. The molecule has 0 fully saturated rings. The number of fused-ring (bicyclic) bond motifs is 14. The van der Waals surface area contributed by atoms with Gasteiger partial charge in [0.1, 0.15) is 0 Å². The summed E-state index contributed by atoms with van der Waals surface area (Å²) in [5, 5.41) is 11.2. The largest absolute Gasteiger partial charge is 0.278 e. The van der Waals surface area contributed by atoms with E-state index in [1.54, 1.807) is 11.3 Å². The van der Waals surface area contributed by atoms with Crippen LogP contribution in [0.1, 0.15) is 6.85 Å². The molecule has 0 aliphatic carbocycles. The molecule has 0 atom stereocenters. The highest BCUT2D eigenvalue weighted by atomic mass is 32.1. The summed E-state index contributed by atoms with van der Waals surface area (Å²) in [6.45, 7) is 0. The molecule has 11 aromatic rings. The monoisotopic (exact) mass is 632 g/mol. The van der Waals surface area contributed by atoms with Crippen molar-refractivity contribution in [2.24, 2.45) is 0 Å².